The molecule has 0 unspecified atom stereocenters. The van der Waals surface area contributed by atoms with E-state index in [9.17, 15) is 4.79 Å². The zero-order valence-electron chi connectivity index (χ0n) is 13.4. The SMILES string of the molecule is Cn1cccc1C1=C(c2ccccc2)C(=O)[C@H]2[C@@H]3CC[C@@H](C3)[C@@H]12. The molecule has 5 rings (SSSR count). The first kappa shape index (κ1) is 13.4. The minimum atomic E-state index is 0.244. The van der Waals surface area contributed by atoms with Gasteiger partial charge >= 0.3 is 0 Å². The lowest BCUT2D eigenvalue weighted by Gasteiger charge is -2.26. The van der Waals surface area contributed by atoms with E-state index in [0.717, 1.165) is 11.1 Å². The van der Waals surface area contributed by atoms with E-state index in [-0.39, 0.29) is 5.92 Å². The van der Waals surface area contributed by atoms with Crippen molar-refractivity contribution in [2.45, 2.75) is 19.3 Å². The summed E-state index contributed by atoms with van der Waals surface area (Å²) in [6.45, 7) is 0. The fourth-order valence-electron chi connectivity index (χ4n) is 5.49. The van der Waals surface area contributed by atoms with Crippen molar-refractivity contribution in [2.24, 2.45) is 30.7 Å². The smallest absolute Gasteiger partial charge is 0.167 e. The quantitative estimate of drug-likeness (QED) is 0.815. The van der Waals surface area contributed by atoms with Gasteiger partial charge in [0.2, 0.25) is 0 Å². The van der Waals surface area contributed by atoms with Crippen molar-refractivity contribution in [1.82, 2.24) is 4.57 Å². The van der Waals surface area contributed by atoms with Gasteiger partial charge in [-0.3, -0.25) is 4.79 Å². The van der Waals surface area contributed by atoms with Crippen molar-refractivity contribution in [3.63, 3.8) is 0 Å². The molecule has 1 aromatic carbocycles. The van der Waals surface area contributed by atoms with Gasteiger partial charge < -0.3 is 4.57 Å². The van der Waals surface area contributed by atoms with Gasteiger partial charge in [0.1, 0.15) is 0 Å². The second-order valence-electron chi connectivity index (χ2n) is 7.41. The van der Waals surface area contributed by atoms with Gasteiger partial charge in [0.25, 0.3) is 0 Å². The Bertz CT molecular complexity index is 813. The molecule has 2 saturated carbocycles. The number of carbonyl (C=O) groups excluding carboxylic acids is 1. The van der Waals surface area contributed by atoms with Crippen molar-refractivity contribution < 1.29 is 4.79 Å². The van der Waals surface area contributed by atoms with Gasteiger partial charge in [-0.15, -0.1) is 0 Å². The predicted octanol–water partition coefficient (Wildman–Crippen LogP) is 4.18. The fourth-order valence-corrected chi connectivity index (χ4v) is 5.49. The molecule has 2 fully saturated rings. The molecule has 1 heterocycles. The van der Waals surface area contributed by atoms with Crippen molar-refractivity contribution >= 4 is 16.9 Å². The van der Waals surface area contributed by atoms with E-state index >= 15 is 0 Å². The van der Waals surface area contributed by atoms with Crippen molar-refractivity contribution in [2.75, 3.05) is 0 Å². The number of nitrogens with zero attached hydrogens (tertiary/aromatic N) is 1. The van der Waals surface area contributed by atoms with Gasteiger partial charge in [-0.25, -0.2) is 0 Å². The first-order valence-electron chi connectivity index (χ1n) is 8.71. The highest BCUT2D eigenvalue weighted by molar-refractivity contribution is 6.32. The summed E-state index contributed by atoms with van der Waals surface area (Å²) < 4.78 is 2.18. The number of Topliss-reactive ketones (excluding diaryl/α,β-unsaturated/α-hetero) is 1. The normalized spacial score (nSPS) is 32.0. The Balaban J connectivity index is 1.76. The van der Waals surface area contributed by atoms with Crippen LogP contribution in [0.4, 0.5) is 0 Å². The summed E-state index contributed by atoms with van der Waals surface area (Å²) in [6, 6.07) is 14.6. The first-order chi connectivity index (χ1) is 11.3. The predicted molar refractivity (Wildman–Crippen MR) is 91.5 cm³/mol. The first-order valence-corrected chi connectivity index (χ1v) is 8.71. The van der Waals surface area contributed by atoms with Crippen LogP contribution in [0, 0.1) is 23.7 Å². The topological polar surface area (TPSA) is 22.0 Å². The molecule has 0 amide bonds. The molecule has 0 N–H and O–H groups in total. The average molecular weight is 303 g/mol. The maximum atomic E-state index is 13.3. The third kappa shape index (κ3) is 1.72. The molecule has 2 heteroatoms. The molecule has 3 aliphatic carbocycles. The molecule has 4 atom stereocenters. The lowest BCUT2D eigenvalue weighted by Crippen LogP contribution is -2.24. The summed E-state index contributed by atoms with van der Waals surface area (Å²) in [5, 5.41) is 0. The van der Waals surface area contributed by atoms with Crippen LogP contribution in [0.3, 0.4) is 0 Å². The fraction of sp³-hybridized carbons (Fsp3) is 0.381. The lowest BCUT2D eigenvalue weighted by molar-refractivity contribution is -0.118. The highest BCUT2D eigenvalue weighted by Crippen LogP contribution is 2.62. The maximum absolute atomic E-state index is 13.3. The van der Waals surface area contributed by atoms with Gasteiger partial charge in [-0.1, -0.05) is 30.3 Å². The van der Waals surface area contributed by atoms with Crippen molar-refractivity contribution in [3.8, 4) is 0 Å². The molecule has 3 aliphatic rings. The van der Waals surface area contributed by atoms with Crippen LogP contribution < -0.4 is 0 Å². The molecule has 23 heavy (non-hydrogen) atoms. The van der Waals surface area contributed by atoms with E-state index in [2.05, 4.69) is 42.1 Å². The second kappa shape index (κ2) is 4.70. The van der Waals surface area contributed by atoms with Gasteiger partial charge in [-0.2, -0.15) is 0 Å². The molecule has 116 valence electrons. The molecular formula is C21H21NO. The zero-order chi connectivity index (χ0) is 15.6. The Hall–Kier alpha value is -2.09. The van der Waals surface area contributed by atoms with Crippen molar-refractivity contribution in [1.29, 1.82) is 0 Å². The summed E-state index contributed by atoms with van der Waals surface area (Å²) >= 11 is 0. The number of benzene rings is 1. The van der Waals surface area contributed by atoms with Crippen LogP contribution in [0.15, 0.2) is 48.7 Å². The van der Waals surface area contributed by atoms with Crippen LogP contribution in [0.5, 0.6) is 0 Å². The Labute approximate surface area is 136 Å². The molecule has 0 spiro atoms. The number of rotatable bonds is 2. The third-order valence-corrected chi connectivity index (χ3v) is 6.35. The highest BCUT2D eigenvalue weighted by Gasteiger charge is 2.57. The van der Waals surface area contributed by atoms with Crippen LogP contribution in [-0.4, -0.2) is 10.4 Å². The minimum Gasteiger partial charge on any atom is -0.351 e. The Morgan fingerprint density at radius 2 is 1.70 bits per heavy atom. The number of aromatic nitrogens is 1. The largest absolute Gasteiger partial charge is 0.351 e. The summed E-state index contributed by atoms with van der Waals surface area (Å²) in [5.41, 5.74) is 4.66. The van der Waals surface area contributed by atoms with E-state index in [1.165, 1.54) is 30.5 Å². The number of carbonyl (C=O) groups is 1. The molecule has 0 aliphatic heterocycles. The van der Waals surface area contributed by atoms with Gasteiger partial charge in [0.15, 0.2) is 5.78 Å². The van der Waals surface area contributed by atoms with E-state index in [1.807, 2.05) is 18.2 Å². The van der Waals surface area contributed by atoms with Gasteiger partial charge in [-0.05, 0) is 60.3 Å². The standard InChI is InChI=1S/C21H21NO/c1-22-11-5-8-16(22)20-17-14-9-10-15(12-14)19(17)21(23)18(20)13-6-3-2-4-7-13/h2-8,11,14-15,17,19H,9-10,12H2,1H3/t14-,15+,17+,19-/m0/s1. The van der Waals surface area contributed by atoms with Crippen LogP contribution in [0.25, 0.3) is 11.1 Å². The summed E-state index contributed by atoms with van der Waals surface area (Å²) in [7, 11) is 2.09. The van der Waals surface area contributed by atoms with E-state index < -0.39 is 0 Å². The number of ketones is 1. The van der Waals surface area contributed by atoms with Crippen LogP contribution in [0.1, 0.15) is 30.5 Å². The van der Waals surface area contributed by atoms with E-state index in [4.69, 9.17) is 0 Å². The Morgan fingerprint density at radius 1 is 0.957 bits per heavy atom. The summed E-state index contributed by atoms with van der Waals surface area (Å²) in [5.74, 6) is 2.43. The zero-order valence-corrected chi connectivity index (χ0v) is 13.4. The molecule has 2 bridgehead atoms. The van der Waals surface area contributed by atoms with Crippen molar-refractivity contribution in [3.05, 3.63) is 59.9 Å². The average Bonchev–Trinajstić information content (AvgIpc) is 3.31. The molecule has 2 nitrogen and oxygen atoms in total. The van der Waals surface area contributed by atoms with Crippen LogP contribution in [0.2, 0.25) is 0 Å². The number of fused-ring (bicyclic) bond motifs is 5. The monoisotopic (exact) mass is 303 g/mol. The minimum absolute atomic E-state index is 0.244. The van der Waals surface area contributed by atoms with Gasteiger partial charge in [0.05, 0.1) is 0 Å². The molecule has 1 aromatic heterocycles. The lowest BCUT2D eigenvalue weighted by atomic mass is 9.78. The molecular weight excluding hydrogens is 282 g/mol. The van der Waals surface area contributed by atoms with Crippen LogP contribution in [-0.2, 0) is 11.8 Å². The summed E-state index contributed by atoms with van der Waals surface area (Å²) in [4.78, 5) is 13.3. The number of allylic oxidation sites excluding steroid dienone is 2. The second-order valence-corrected chi connectivity index (χ2v) is 7.41. The summed E-state index contributed by atoms with van der Waals surface area (Å²) in [6.07, 6.45) is 5.90. The van der Waals surface area contributed by atoms with Gasteiger partial charge in [0, 0.05) is 30.4 Å². The highest BCUT2D eigenvalue weighted by atomic mass is 16.1. The Morgan fingerprint density at radius 3 is 2.39 bits per heavy atom. The number of hydrogen-bond acceptors (Lipinski definition) is 1. The molecule has 0 saturated heterocycles. The van der Waals surface area contributed by atoms with E-state index in [0.29, 0.717) is 23.5 Å². The van der Waals surface area contributed by atoms with Crippen LogP contribution >= 0.6 is 0 Å². The maximum Gasteiger partial charge on any atom is 0.167 e. The number of hydrogen-bond donors (Lipinski definition) is 0. The Kier molecular flexibility index (Phi) is 2.73. The number of aryl methyl sites for hydroxylation is 1. The van der Waals surface area contributed by atoms with E-state index in [1.54, 1.807) is 0 Å². The molecule has 0 radical (unpaired) electrons. The molecule has 2 aromatic rings. The third-order valence-electron chi connectivity index (χ3n) is 6.35.